The van der Waals surface area contributed by atoms with E-state index in [0.29, 0.717) is 19.1 Å². The van der Waals surface area contributed by atoms with Crippen LogP contribution in [0.5, 0.6) is 5.75 Å². The fourth-order valence-corrected chi connectivity index (χ4v) is 4.36. The zero-order chi connectivity index (χ0) is 19.1. The van der Waals surface area contributed by atoms with E-state index in [1.807, 2.05) is 31.2 Å². The third kappa shape index (κ3) is 5.45. The molecule has 1 heterocycles. The first-order chi connectivity index (χ1) is 13.1. The van der Waals surface area contributed by atoms with Gasteiger partial charge in [0.2, 0.25) is 0 Å². The number of nitrogens with one attached hydrogen (secondary N) is 1. The Hall–Kier alpha value is -1.59. The lowest BCUT2D eigenvalue weighted by atomic mass is 9.78. The van der Waals surface area contributed by atoms with Gasteiger partial charge in [-0.3, -0.25) is 9.69 Å². The molecule has 1 N–H and O–H groups in total. The number of likely N-dealkylation sites (tertiary alicyclic amines) is 1. The maximum atomic E-state index is 13.0. The third-order valence-electron chi connectivity index (χ3n) is 5.78. The minimum Gasteiger partial charge on any atom is -0.492 e. The van der Waals surface area contributed by atoms with Crippen LogP contribution in [0.2, 0.25) is 0 Å². The van der Waals surface area contributed by atoms with Crippen molar-refractivity contribution in [3.8, 4) is 5.75 Å². The van der Waals surface area contributed by atoms with E-state index < -0.39 is 5.60 Å². The van der Waals surface area contributed by atoms with Crippen LogP contribution >= 0.6 is 0 Å². The third-order valence-corrected chi connectivity index (χ3v) is 5.78. The number of carbonyl (C=O) groups is 1. The number of carbonyl (C=O) groups excluding carboxylic acids is 1. The van der Waals surface area contributed by atoms with Crippen LogP contribution < -0.4 is 10.1 Å². The van der Waals surface area contributed by atoms with Crippen molar-refractivity contribution in [3.05, 3.63) is 24.3 Å². The number of amides is 1. The van der Waals surface area contributed by atoms with Gasteiger partial charge in [0, 0.05) is 18.8 Å². The molecule has 150 valence electrons. The number of benzene rings is 1. The minimum atomic E-state index is -0.683. The number of rotatable bonds is 8. The van der Waals surface area contributed by atoms with Crippen molar-refractivity contribution in [3.63, 3.8) is 0 Å². The molecule has 0 bridgehead atoms. The van der Waals surface area contributed by atoms with Gasteiger partial charge >= 0.3 is 0 Å². The summed E-state index contributed by atoms with van der Waals surface area (Å²) >= 11 is 0. The zero-order valence-electron chi connectivity index (χ0n) is 16.8. The molecule has 0 radical (unpaired) electrons. The Balaban J connectivity index is 1.52. The van der Waals surface area contributed by atoms with Gasteiger partial charge in [-0.2, -0.15) is 0 Å². The van der Waals surface area contributed by atoms with Crippen LogP contribution in [0.1, 0.15) is 52.4 Å². The molecule has 3 rings (SSSR count). The van der Waals surface area contributed by atoms with Crippen LogP contribution in [0, 0.1) is 5.92 Å². The lowest BCUT2D eigenvalue weighted by Gasteiger charge is -2.38. The van der Waals surface area contributed by atoms with Crippen LogP contribution in [0.25, 0.3) is 0 Å². The average Bonchev–Trinajstić information content (AvgIpc) is 3.17. The van der Waals surface area contributed by atoms with Gasteiger partial charge in [0.15, 0.2) is 0 Å². The number of anilines is 1. The Morgan fingerprint density at radius 2 is 1.96 bits per heavy atom. The van der Waals surface area contributed by atoms with Crippen molar-refractivity contribution in [2.75, 3.05) is 38.2 Å². The van der Waals surface area contributed by atoms with Crippen molar-refractivity contribution in [1.29, 1.82) is 0 Å². The van der Waals surface area contributed by atoms with Gasteiger partial charge in [-0.25, -0.2) is 0 Å². The molecule has 1 saturated carbocycles. The van der Waals surface area contributed by atoms with Gasteiger partial charge in [0.05, 0.1) is 0 Å². The summed E-state index contributed by atoms with van der Waals surface area (Å²) in [5.41, 5.74) is 0.112. The molecule has 1 aromatic carbocycles. The minimum absolute atomic E-state index is 0.0152. The Labute approximate surface area is 163 Å². The molecular weight excluding hydrogens is 340 g/mol. The van der Waals surface area contributed by atoms with Crippen LogP contribution in [0.4, 0.5) is 5.69 Å². The predicted molar refractivity (Wildman–Crippen MR) is 108 cm³/mol. The second-order valence-corrected chi connectivity index (χ2v) is 8.00. The second kappa shape index (κ2) is 9.56. The van der Waals surface area contributed by atoms with Crippen molar-refractivity contribution in [2.24, 2.45) is 5.92 Å². The zero-order valence-corrected chi connectivity index (χ0v) is 16.8. The van der Waals surface area contributed by atoms with E-state index in [2.05, 4.69) is 17.1 Å². The molecule has 27 heavy (non-hydrogen) atoms. The molecule has 1 aliphatic heterocycles. The highest BCUT2D eigenvalue weighted by molar-refractivity contribution is 5.97. The summed E-state index contributed by atoms with van der Waals surface area (Å²) in [5, 5.41) is 3.06. The summed E-state index contributed by atoms with van der Waals surface area (Å²) in [6.07, 6.45) is 6.41. The van der Waals surface area contributed by atoms with Gasteiger partial charge in [-0.15, -0.1) is 0 Å². The van der Waals surface area contributed by atoms with Crippen LogP contribution in [0.15, 0.2) is 24.3 Å². The normalized spacial score (nSPS) is 26.1. The largest absolute Gasteiger partial charge is 0.492 e. The molecule has 2 fully saturated rings. The molecule has 0 unspecified atom stereocenters. The molecule has 2 atom stereocenters. The standard InChI is InChI=1S/C22H34N2O3/c1-3-27-22(12-6-7-18(2)17-22)21(25)23-19-8-10-20(11-9-19)26-16-15-24-13-4-5-14-24/h8-11,18H,3-7,12-17H2,1-2H3,(H,23,25)/t18-,22+/m1/s1. The molecule has 0 spiro atoms. The first-order valence-corrected chi connectivity index (χ1v) is 10.5. The van der Waals surface area contributed by atoms with E-state index >= 15 is 0 Å². The summed E-state index contributed by atoms with van der Waals surface area (Å²) in [6.45, 7) is 8.79. The summed E-state index contributed by atoms with van der Waals surface area (Å²) < 4.78 is 11.8. The van der Waals surface area contributed by atoms with Gasteiger partial charge in [-0.05, 0) is 82.3 Å². The molecule has 1 aromatic rings. The summed E-state index contributed by atoms with van der Waals surface area (Å²) in [5.74, 6) is 1.35. The highest BCUT2D eigenvalue weighted by Crippen LogP contribution is 2.36. The van der Waals surface area contributed by atoms with E-state index in [1.165, 1.54) is 32.4 Å². The smallest absolute Gasteiger partial charge is 0.256 e. The van der Waals surface area contributed by atoms with E-state index in [4.69, 9.17) is 9.47 Å². The lowest BCUT2D eigenvalue weighted by Crippen LogP contribution is -2.48. The summed E-state index contributed by atoms with van der Waals surface area (Å²) in [6, 6.07) is 7.68. The van der Waals surface area contributed by atoms with E-state index in [1.54, 1.807) is 0 Å². The van der Waals surface area contributed by atoms with Gasteiger partial charge in [-0.1, -0.05) is 13.3 Å². The molecule has 1 saturated heterocycles. The molecule has 5 nitrogen and oxygen atoms in total. The maximum absolute atomic E-state index is 13.0. The van der Waals surface area contributed by atoms with Gasteiger partial charge in [0.1, 0.15) is 18.0 Å². The van der Waals surface area contributed by atoms with Crippen LogP contribution in [0.3, 0.4) is 0 Å². The van der Waals surface area contributed by atoms with Gasteiger partial charge < -0.3 is 14.8 Å². The SMILES string of the molecule is CCO[C@@]1(C(=O)Nc2ccc(OCCN3CCCC3)cc2)CCC[C@@H](C)C1. The fourth-order valence-electron chi connectivity index (χ4n) is 4.36. The Bertz CT molecular complexity index is 594. The summed E-state index contributed by atoms with van der Waals surface area (Å²) in [4.78, 5) is 15.4. The molecule has 1 aliphatic carbocycles. The maximum Gasteiger partial charge on any atom is 0.256 e. The molecule has 2 aliphatic rings. The number of ether oxygens (including phenoxy) is 2. The number of hydrogen-bond donors (Lipinski definition) is 1. The molecule has 5 heteroatoms. The van der Waals surface area contributed by atoms with Gasteiger partial charge in [0.25, 0.3) is 5.91 Å². The predicted octanol–water partition coefficient (Wildman–Crippen LogP) is 4.09. The van der Waals surface area contributed by atoms with Crippen molar-refractivity contribution in [1.82, 2.24) is 4.90 Å². The highest BCUT2D eigenvalue weighted by atomic mass is 16.5. The molecule has 0 aromatic heterocycles. The van der Waals surface area contributed by atoms with Crippen LogP contribution in [-0.2, 0) is 9.53 Å². The van der Waals surface area contributed by atoms with E-state index in [-0.39, 0.29) is 5.91 Å². The molecular formula is C22H34N2O3. The average molecular weight is 375 g/mol. The second-order valence-electron chi connectivity index (χ2n) is 8.00. The monoisotopic (exact) mass is 374 g/mol. The Morgan fingerprint density at radius 3 is 2.63 bits per heavy atom. The summed E-state index contributed by atoms with van der Waals surface area (Å²) in [7, 11) is 0. The van der Waals surface area contributed by atoms with Crippen molar-refractivity contribution in [2.45, 2.75) is 58.0 Å². The molecule has 1 amide bonds. The van der Waals surface area contributed by atoms with Crippen LogP contribution in [-0.4, -0.2) is 49.3 Å². The van der Waals surface area contributed by atoms with Crippen molar-refractivity contribution >= 4 is 11.6 Å². The van der Waals surface area contributed by atoms with Crippen molar-refractivity contribution < 1.29 is 14.3 Å². The first-order valence-electron chi connectivity index (χ1n) is 10.5. The topological polar surface area (TPSA) is 50.8 Å². The quantitative estimate of drug-likeness (QED) is 0.745. The lowest BCUT2D eigenvalue weighted by molar-refractivity contribution is -0.147. The highest BCUT2D eigenvalue weighted by Gasteiger charge is 2.42. The Morgan fingerprint density at radius 1 is 1.22 bits per heavy atom. The Kier molecular flexibility index (Phi) is 7.13. The first kappa shape index (κ1) is 20.2. The number of nitrogens with zero attached hydrogens (tertiary/aromatic N) is 1. The number of hydrogen-bond acceptors (Lipinski definition) is 4. The van der Waals surface area contributed by atoms with E-state index in [9.17, 15) is 4.79 Å². The fraction of sp³-hybridized carbons (Fsp3) is 0.682. The van der Waals surface area contributed by atoms with E-state index in [0.717, 1.165) is 37.2 Å².